The number of rotatable bonds is 7. The van der Waals surface area contributed by atoms with Crippen LogP contribution in [-0.2, 0) is 0 Å². The molecule has 0 radical (unpaired) electrons. The van der Waals surface area contributed by atoms with Crippen LogP contribution in [0, 0.1) is 0 Å². The van der Waals surface area contributed by atoms with Crippen LogP contribution < -0.4 is 10.6 Å². The second kappa shape index (κ2) is 11.0. The molecule has 0 bridgehead atoms. The zero-order chi connectivity index (χ0) is 26.6. The molecule has 0 aliphatic carbocycles. The lowest BCUT2D eigenvalue weighted by molar-refractivity contribution is 0.0602. The summed E-state index contributed by atoms with van der Waals surface area (Å²) in [5, 5.41) is 6.35. The topological polar surface area (TPSA) is 87.2 Å². The lowest BCUT2D eigenvalue weighted by Gasteiger charge is -2.39. The molecule has 1 fully saturated rings. The average molecular weight is 526 g/mol. The molecule has 2 aromatic carbocycles. The minimum atomic E-state index is -0.348. The molecule has 192 valence electrons. The molecule has 5 rings (SSSR count). The fraction of sp³-hybridized carbons (Fsp3) is 0.200. The maximum Gasteiger partial charge on any atom is 0.257 e. The standard InChI is InChI=1S/C30H28ClN5O2/c1-19(2)34-28-10-8-24(16-33-28)29(37)35-27-15-23(7-9-26(27)31)30(38)36-17-25(18-36)21-5-3-20(4-6-21)22-11-13-32-14-12-22/h3-16,19,25H,17-18H2,1-2H3,(H,33,34)(H,35,37). The van der Waals surface area contributed by atoms with Crippen LogP contribution >= 0.6 is 11.6 Å². The van der Waals surface area contributed by atoms with Crippen molar-refractivity contribution in [1.29, 1.82) is 0 Å². The van der Waals surface area contributed by atoms with Crippen LogP contribution in [0.5, 0.6) is 0 Å². The monoisotopic (exact) mass is 525 g/mol. The number of halogens is 1. The quantitative estimate of drug-likeness (QED) is 0.304. The third kappa shape index (κ3) is 5.68. The molecule has 3 heterocycles. The van der Waals surface area contributed by atoms with Crippen LogP contribution in [-0.4, -0.2) is 45.8 Å². The minimum absolute atomic E-state index is 0.0902. The zero-order valence-corrected chi connectivity index (χ0v) is 21.9. The van der Waals surface area contributed by atoms with E-state index >= 15 is 0 Å². The SMILES string of the molecule is CC(C)Nc1ccc(C(=O)Nc2cc(C(=O)N3CC(c4ccc(-c5ccncc5)cc4)C3)ccc2Cl)cn1. The fourth-order valence-corrected chi connectivity index (χ4v) is 4.55. The highest BCUT2D eigenvalue weighted by Crippen LogP contribution is 2.31. The largest absolute Gasteiger partial charge is 0.368 e. The Morgan fingerprint density at radius 1 is 0.921 bits per heavy atom. The highest BCUT2D eigenvalue weighted by atomic mass is 35.5. The molecule has 2 N–H and O–H groups in total. The summed E-state index contributed by atoms with van der Waals surface area (Å²) in [4.78, 5) is 36.1. The molecule has 4 aromatic rings. The molecule has 1 aliphatic heterocycles. The van der Waals surface area contributed by atoms with Crippen LogP contribution in [0.4, 0.5) is 11.5 Å². The van der Waals surface area contributed by atoms with E-state index in [0.717, 1.165) is 11.1 Å². The van der Waals surface area contributed by atoms with Crippen molar-refractivity contribution < 1.29 is 9.59 Å². The van der Waals surface area contributed by atoms with E-state index < -0.39 is 0 Å². The third-order valence-electron chi connectivity index (χ3n) is 6.49. The van der Waals surface area contributed by atoms with Gasteiger partial charge in [-0.2, -0.15) is 0 Å². The molecule has 0 atom stereocenters. The molecule has 2 aromatic heterocycles. The van der Waals surface area contributed by atoms with Gasteiger partial charge in [0.1, 0.15) is 5.82 Å². The number of carbonyl (C=O) groups is 2. The molecule has 2 amide bonds. The predicted octanol–water partition coefficient (Wildman–Crippen LogP) is 6.11. The fourth-order valence-electron chi connectivity index (χ4n) is 4.39. The summed E-state index contributed by atoms with van der Waals surface area (Å²) >= 11 is 6.33. The Balaban J connectivity index is 1.20. The second-order valence-corrected chi connectivity index (χ2v) is 10.1. The van der Waals surface area contributed by atoms with E-state index in [1.807, 2.05) is 26.0 Å². The maximum absolute atomic E-state index is 13.1. The number of amides is 2. The van der Waals surface area contributed by atoms with E-state index in [1.54, 1.807) is 47.6 Å². The summed E-state index contributed by atoms with van der Waals surface area (Å²) in [6.07, 6.45) is 5.07. The Bertz CT molecular complexity index is 1430. The van der Waals surface area contributed by atoms with E-state index in [1.165, 1.54) is 11.8 Å². The molecule has 0 spiro atoms. The molecular weight excluding hydrogens is 498 g/mol. The molecule has 7 nitrogen and oxygen atoms in total. The summed E-state index contributed by atoms with van der Waals surface area (Å²) in [7, 11) is 0. The molecule has 8 heteroatoms. The molecule has 0 saturated carbocycles. The smallest absolute Gasteiger partial charge is 0.257 e. The van der Waals surface area contributed by atoms with Gasteiger partial charge in [-0.3, -0.25) is 14.6 Å². The number of hydrogen-bond acceptors (Lipinski definition) is 5. The van der Waals surface area contributed by atoms with Gasteiger partial charge in [0.15, 0.2) is 0 Å². The van der Waals surface area contributed by atoms with Crippen molar-refractivity contribution >= 4 is 34.9 Å². The molecule has 0 unspecified atom stereocenters. The van der Waals surface area contributed by atoms with E-state index in [0.29, 0.717) is 40.7 Å². The summed E-state index contributed by atoms with van der Waals surface area (Å²) in [6, 6.07) is 21.1. The van der Waals surface area contributed by atoms with E-state index in [2.05, 4.69) is 44.9 Å². The number of pyridine rings is 2. The maximum atomic E-state index is 13.1. The number of likely N-dealkylation sites (tertiary alicyclic amines) is 1. The predicted molar refractivity (Wildman–Crippen MR) is 151 cm³/mol. The van der Waals surface area contributed by atoms with Gasteiger partial charge in [0, 0.05) is 49.2 Å². The van der Waals surface area contributed by atoms with Crippen LogP contribution in [0.15, 0.2) is 85.3 Å². The van der Waals surface area contributed by atoms with Gasteiger partial charge in [0.2, 0.25) is 0 Å². The normalized spacial score (nSPS) is 13.2. The first kappa shape index (κ1) is 25.4. The van der Waals surface area contributed by atoms with Crippen LogP contribution in [0.2, 0.25) is 5.02 Å². The summed E-state index contributed by atoms with van der Waals surface area (Å²) in [6.45, 7) is 5.31. The number of benzene rings is 2. The van der Waals surface area contributed by atoms with Gasteiger partial charge in [-0.15, -0.1) is 0 Å². The van der Waals surface area contributed by atoms with Crippen molar-refractivity contribution in [2.24, 2.45) is 0 Å². The number of carbonyl (C=O) groups excluding carboxylic acids is 2. The Labute approximate surface area is 226 Å². The Morgan fingerprint density at radius 3 is 2.26 bits per heavy atom. The second-order valence-electron chi connectivity index (χ2n) is 9.64. The highest BCUT2D eigenvalue weighted by molar-refractivity contribution is 6.34. The average Bonchev–Trinajstić information content (AvgIpc) is 2.90. The van der Waals surface area contributed by atoms with Gasteiger partial charge >= 0.3 is 0 Å². The Morgan fingerprint density at radius 2 is 1.61 bits per heavy atom. The first-order chi connectivity index (χ1) is 18.4. The van der Waals surface area contributed by atoms with Gasteiger partial charge < -0.3 is 15.5 Å². The Kier molecular flexibility index (Phi) is 7.38. The molecule has 38 heavy (non-hydrogen) atoms. The summed E-state index contributed by atoms with van der Waals surface area (Å²) in [5.41, 5.74) is 4.73. The third-order valence-corrected chi connectivity index (χ3v) is 6.82. The number of aromatic nitrogens is 2. The van der Waals surface area contributed by atoms with Gasteiger partial charge in [-0.05, 0) is 73.0 Å². The van der Waals surface area contributed by atoms with Crippen LogP contribution in [0.3, 0.4) is 0 Å². The number of nitrogens with one attached hydrogen (secondary N) is 2. The van der Waals surface area contributed by atoms with Crippen molar-refractivity contribution in [1.82, 2.24) is 14.9 Å². The van der Waals surface area contributed by atoms with Crippen LogP contribution in [0.25, 0.3) is 11.1 Å². The summed E-state index contributed by atoms with van der Waals surface area (Å²) < 4.78 is 0. The lowest BCUT2D eigenvalue weighted by Crippen LogP contribution is -2.48. The van der Waals surface area contributed by atoms with Crippen molar-refractivity contribution in [2.45, 2.75) is 25.8 Å². The van der Waals surface area contributed by atoms with Gasteiger partial charge in [0.25, 0.3) is 11.8 Å². The zero-order valence-electron chi connectivity index (χ0n) is 21.2. The highest BCUT2D eigenvalue weighted by Gasteiger charge is 2.32. The minimum Gasteiger partial charge on any atom is -0.368 e. The number of anilines is 2. The first-order valence-corrected chi connectivity index (χ1v) is 12.9. The summed E-state index contributed by atoms with van der Waals surface area (Å²) in [5.74, 6) is 0.546. The van der Waals surface area contributed by atoms with E-state index in [-0.39, 0.29) is 23.8 Å². The van der Waals surface area contributed by atoms with Crippen molar-refractivity contribution in [3.05, 3.63) is 107 Å². The first-order valence-electron chi connectivity index (χ1n) is 12.5. The van der Waals surface area contributed by atoms with Gasteiger partial charge in [-0.25, -0.2) is 4.98 Å². The van der Waals surface area contributed by atoms with E-state index in [4.69, 9.17) is 11.6 Å². The molecule has 1 aliphatic rings. The van der Waals surface area contributed by atoms with Crippen molar-refractivity contribution in [2.75, 3.05) is 23.7 Å². The van der Waals surface area contributed by atoms with Crippen molar-refractivity contribution in [3.63, 3.8) is 0 Å². The van der Waals surface area contributed by atoms with Crippen molar-refractivity contribution in [3.8, 4) is 11.1 Å². The molecule has 1 saturated heterocycles. The molecular formula is C30H28ClN5O2. The van der Waals surface area contributed by atoms with Gasteiger partial charge in [-0.1, -0.05) is 35.9 Å². The number of nitrogens with zero attached hydrogens (tertiary/aromatic N) is 3. The van der Waals surface area contributed by atoms with Crippen LogP contribution in [0.1, 0.15) is 46.0 Å². The van der Waals surface area contributed by atoms with E-state index in [9.17, 15) is 9.59 Å². The lowest BCUT2D eigenvalue weighted by atomic mass is 9.89. The Hall–Kier alpha value is -4.23. The number of hydrogen-bond donors (Lipinski definition) is 2. The van der Waals surface area contributed by atoms with Gasteiger partial charge in [0.05, 0.1) is 16.3 Å².